The molecule has 5 heteroatoms. The molecule has 0 aliphatic carbocycles. The normalized spacial score (nSPS) is 14.0. The van der Waals surface area contributed by atoms with Gasteiger partial charge in [0.05, 0.1) is 12.2 Å². The van der Waals surface area contributed by atoms with E-state index in [2.05, 4.69) is 45.0 Å². The average molecular weight is 343 g/mol. The lowest BCUT2D eigenvalue weighted by atomic mass is 9.87. The van der Waals surface area contributed by atoms with E-state index in [1.807, 2.05) is 28.9 Å². The fraction of sp³-hybridized carbons (Fsp3) is 0.500. The van der Waals surface area contributed by atoms with Crippen molar-refractivity contribution in [3.05, 3.63) is 42.1 Å². The first-order valence-corrected chi connectivity index (χ1v) is 8.84. The summed E-state index contributed by atoms with van der Waals surface area (Å²) in [6.07, 6.45) is 2.04. The third-order valence-corrected chi connectivity index (χ3v) is 4.33. The molecule has 2 atom stereocenters. The molecule has 0 fully saturated rings. The molecule has 1 aromatic heterocycles. The van der Waals surface area contributed by atoms with Gasteiger partial charge in [-0.2, -0.15) is 5.10 Å². The first-order chi connectivity index (χ1) is 11.7. The Morgan fingerprint density at radius 1 is 1.20 bits per heavy atom. The van der Waals surface area contributed by atoms with Gasteiger partial charge in [-0.25, -0.2) is 4.68 Å². The lowest BCUT2D eigenvalue weighted by Crippen LogP contribution is -2.31. The van der Waals surface area contributed by atoms with Crippen LogP contribution in [0.15, 0.2) is 36.5 Å². The first-order valence-electron chi connectivity index (χ1n) is 8.84. The van der Waals surface area contributed by atoms with Crippen molar-refractivity contribution in [1.29, 1.82) is 0 Å². The van der Waals surface area contributed by atoms with E-state index >= 15 is 0 Å². The summed E-state index contributed by atoms with van der Waals surface area (Å²) in [6, 6.07) is 9.93. The molecule has 0 bridgehead atoms. The summed E-state index contributed by atoms with van der Waals surface area (Å²) in [5.74, 6) is 1.19. The van der Waals surface area contributed by atoms with Crippen molar-refractivity contribution in [3.8, 4) is 5.75 Å². The number of carbonyl (C=O) groups excluding carboxylic acids is 1. The summed E-state index contributed by atoms with van der Waals surface area (Å²) < 4.78 is 7.60. The highest BCUT2D eigenvalue weighted by Gasteiger charge is 2.19. The van der Waals surface area contributed by atoms with Gasteiger partial charge in [0.25, 0.3) is 5.91 Å². The molecule has 0 saturated carbocycles. The number of benzene rings is 1. The van der Waals surface area contributed by atoms with Crippen molar-refractivity contribution in [2.75, 3.05) is 5.32 Å². The molecule has 0 aliphatic rings. The van der Waals surface area contributed by atoms with Crippen LogP contribution in [0.4, 0.5) is 5.82 Å². The number of ether oxygens (including phenoxy) is 1. The standard InChI is InChI=1S/C20H29N3O2/c1-7-14(2)23-18(12-13-21-23)22-19(24)15(3)25-17-10-8-16(9-11-17)20(4,5)6/h8-15H,7H2,1-6H3,(H,22,24). The second-order valence-electron chi connectivity index (χ2n) is 7.44. The second kappa shape index (κ2) is 7.72. The van der Waals surface area contributed by atoms with Gasteiger partial charge in [0, 0.05) is 6.07 Å². The Balaban J connectivity index is 2.00. The summed E-state index contributed by atoms with van der Waals surface area (Å²) in [5.41, 5.74) is 1.32. The Labute approximate surface area is 150 Å². The fourth-order valence-corrected chi connectivity index (χ4v) is 2.46. The fourth-order valence-electron chi connectivity index (χ4n) is 2.46. The van der Waals surface area contributed by atoms with Crippen molar-refractivity contribution >= 4 is 11.7 Å². The number of carbonyl (C=O) groups is 1. The lowest BCUT2D eigenvalue weighted by Gasteiger charge is -2.20. The van der Waals surface area contributed by atoms with Crippen LogP contribution in [-0.2, 0) is 10.2 Å². The van der Waals surface area contributed by atoms with Gasteiger partial charge >= 0.3 is 0 Å². The molecule has 0 saturated heterocycles. The predicted octanol–water partition coefficient (Wildman–Crippen LogP) is 4.56. The van der Waals surface area contributed by atoms with Gasteiger partial charge in [0.2, 0.25) is 0 Å². The van der Waals surface area contributed by atoms with E-state index < -0.39 is 6.10 Å². The Kier molecular flexibility index (Phi) is 5.88. The summed E-state index contributed by atoms with van der Waals surface area (Å²) in [5, 5.41) is 7.18. The van der Waals surface area contributed by atoms with E-state index in [1.54, 1.807) is 19.2 Å². The van der Waals surface area contributed by atoms with Crippen molar-refractivity contribution < 1.29 is 9.53 Å². The number of anilines is 1. The maximum atomic E-state index is 12.4. The Hall–Kier alpha value is -2.30. The zero-order valence-corrected chi connectivity index (χ0v) is 16.0. The van der Waals surface area contributed by atoms with E-state index in [1.165, 1.54) is 5.56 Å². The molecule has 0 aliphatic heterocycles. The molecule has 1 amide bonds. The Morgan fingerprint density at radius 2 is 1.84 bits per heavy atom. The molecule has 25 heavy (non-hydrogen) atoms. The zero-order valence-electron chi connectivity index (χ0n) is 16.0. The number of hydrogen-bond donors (Lipinski definition) is 1. The summed E-state index contributed by atoms with van der Waals surface area (Å²) >= 11 is 0. The first kappa shape index (κ1) is 19.0. The van der Waals surface area contributed by atoms with Gasteiger partial charge in [-0.05, 0) is 43.4 Å². The van der Waals surface area contributed by atoms with Crippen LogP contribution < -0.4 is 10.1 Å². The highest BCUT2D eigenvalue weighted by Crippen LogP contribution is 2.25. The van der Waals surface area contributed by atoms with Crippen LogP contribution in [0.3, 0.4) is 0 Å². The van der Waals surface area contributed by atoms with Crippen molar-refractivity contribution in [2.45, 2.75) is 65.5 Å². The number of rotatable bonds is 6. The predicted molar refractivity (Wildman–Crippen MR) is 101 cm³/mol. The molecular formula is C20H29N3O2. The van der Waals surface area contributed by atoms with Gasteiger partial charge in [0.1, 0.15) is 11.6 Å². The Bertz CT molecular complexity index is 698. The van der Waals surface area contributed by atoms with Gasteiger partial charge in [-0.15, -0.1) is 0 Å². The number of nitrogens with zero attached hydrogens (tertiary/aromatic N) is 2. The van der Waals surface area contributed by atoms with Crippen LogP contribution in [0.5, 0.6) is 5.75 Å². The summed E-state index contributed by atoms with van der Waals surface area (Å²) in [6.45, 7) is 12.4. The number of amides is 1. The minimum atomic E-state index is -0.597. The van der Waals surface area contributed by atoms with E-state index in [4.69, 9.17) is 4.74 Å². The minimum absolute atomic E-state index is 0.0932. The maximum Gasteiger partial charge on any atom is 0.266 e. The van der Waals surface area contributed by atoms with Crippen LogP contribution in [0.25, 0.3) is 0 Å². The van der Waals surface area contributed by atoms with E-state index in [-0.39, 0.29) is 17.4 Å². The molecule has 2 aromatic rings. The number of nitrogens with one attached hydrogen (secondary N) is 1. The van der Waals surface area contributed by atoms with Crippen molar-refractivity contribution in [2.24, 2.45) is 0 Å². The number of aromatic nitrogens is 2. The quantitative estimate of drug-likeness (QED) is 0.836. The highest BCUT2D eigenvalue weighted by atomic mass is 16.5. The highest BCUT2D eigenvalue weighted by molar-refractivity contribution is 5.93. The van der Waals surface area contributed by atoms with E-state index in [0.717, 1.165) is 6.42 Å². The van der Waals surface area contributed by atoms with Crippen LogP contribution in [0.2, 0.25) is 0 Å². The van der Waals surface area contributed by atoms with Crippen molar-refractivity contribution in [3.63, 3.8) is 0 Å². The van der Waals surface area contributed by atoms with Crippen LogP contribution in [0.1, 0.15) is 59.6 Å². The zero-order chi connectivity index (χ0) is 18.6. The van der Waals surface area contributed by atoms with E-state index in [9.17, 15) is 4.79 Å². The summed E-state index contributed by atoms with van der Waals surface area (Å²) in [4.78, 5) is 12.4. The summed E-state index contributed by atoms with van der Waals surface area (Å²) in [7, 11) is 0. The van der Waals surface area contributed by atoms with Gasteiger partial charge in [-0.3, -0.25) is 4.79 Å². The van der Waals surface area contributed by atoms with Crippen LogP contribution in [0, 0.1) is 0 Å². The average Bonchev–Trinajstić information content (AvgIpc) is 3.01. The third kappa shape index (κ3) is 4.84. The largest absolute Gasteiger partial charge is 0.481 e. The molecule has 0 spiro atoms. The smallest absolute Gasteiger partial charge is 0.266 e. The third-order valence-electron chi connectivity index (χ3n) is 4.33. The number of hydrogen-bond acceptors (Lipinski definition) is 3. The molecule has 0 radical (unpaired) electrons. The molecule has 1 heterocycles. The maximum absolute atomic E-state index is 12.4. The SMILES string of the molecule is CCC(C)n1nccc1NC(=O)C(C)Oc1ccc(C(C)(C)C)cc1. The molecule has 1 aromatic carbocycles. The van der Waals surface area contributed by atoms with Crippen LogP contribution >= 0.6 is 0 Å². The second-order valence-corrected chi connectivity index (χ2v) is 7.44. The van der Waals surface area contributed by atoms with Gasteiger partial charge < -0.3 is 10.1 Å². The molecule has 5 nitrogen and oxygen atoms in total. The topological polar surface area (TPSA) is 56.2 Å². The van der Waals surface area contributed by atoms with E-state index in [0.29, 0.717) is 11.6 Å². The molecule has 2 rings (SSSR count). The van der Waals surface area contributed by atoms with Crippen molar-refractivity contribution in [1.82, 2.24) is 9.78 Å². The molecule has 1 N–H and O–H groups in total. The lowest BCUT2D eigenvalue weighted by molar-refractivity contribution is -0.122. The molecule has 136 valence electrons. The van der Waals surface area contributed by atoms with Gasteiger partial charge in [0.15, 0.2) is 6.10 Å². The van der Waals surface area contributed by atoms with Crippen LogP contribution in [-0.4, -0.2) is 21.8 Å². The monoisotopic (exact) mass is 343 g/mol. The van der Waals surface area contributed by atoms with Gasteiger partial charge in [-0.1, -0.05) is 39.8 Å². The molecular weight excluding hydrogens is 314 g/mol. The Morgan fingerprint density at radius 3 is 2.40 bits per heavy atom. The molecule has 2 unspecified atom stereocenters. The minimum Gasteiger partial charge on any atom is -0.481 e.